The van der Waals surface area contributed by atoms with E-state index in [-0.39, 0.29) is 0 Å². The van der Waals surface area contributed by atoms with Gasteiger partial charge in [0, 0.05) is 18.0 Å². The minimum absolute atomic E-state index is 0.338. The molecule has 0 amide bonds. The lowest BCUT2D eigenvalue weighted by atomic mass is 10.5. The molecule has 16 heavy (non-hydrogen) atoms. The van der Waals surface area contributed by atoms with Gasteiger partial charge in [-0.05, 0) is 37.7 Å². The van der Waals surface area contributed by atoms with E-state index >= 15 is 0 Å². The Bertz CT molecular complexity index is 309. The minimum Gasteiger partial charge on any atom is -0.303 e. The summed E-state index contributed by atoms with van der Waals surface area (Å²) in [5.41, 5.74) is 0.922. The Morgan fingerprint density at radius 3 is 2.56 bits per heavy atom. The molecule has 0 fully saturated rings. The SMILES string of the molecule is CCN(CC)CCSc1cc(C)nc(Cl)n1. The molecular weight excluding hydrogens is 242 g/mol. The van der Waals surface area contributed by atoms with Gasteiger partial charge < -0.3 is 4.90 Å². The quantitative estimate of drug-likeness (QED) is 0.446. The van der Waals surface area contributed by atoms with Crippen molar-refractivity contribution in [1.29, 1.82) is 0 Å². The molecule has 1 rings (SSSR count). The van der Waals surface area contributed by atoms with Crippen LogP contribution in [0.5, 0.6) is 0 Å². The number of aryl methyl sites for hydroxylation is 1. The second kappa shape index (κ2) is 7.09. The van der Waals surface area contributed by atoms with E-state index in [4.69, 9.17) is 11.6 Å². The predicted molar refractivity (Wildman–Crippen MR) is 70.3 cm³/mol. The van der Waals surface area contributed by atoms with E-state index in [1.54, 1.807) is 11.8 Å². The minimum atomic E-state index is 0.338. The fourth-order valence-corrected chi connectivity index (χ4v) is 2.64. The van der Waals surface area contributed by atoms with Crippen molar-refractivity contribution >= 4 is 23.4 Å². The van der Waals surface area contributed by atoms with Gasteiger partial charge in [-0.2, -0.15) is 0 Å². The molecule has 0 aromatic carbocycles. The summed E-state index contributed by atoms with van der Waals surface area (Å²) in [6.45, 7) is 9.57. The zero-order valence-electron chi connectivity index (χ0n) is 10.0. The summed E-state index contributed by atoms with van der Waals surface area (Å²) < 4.78 is 0. The van der Waals surface area contributed by atoms with Crippen molar-refractivity contribution in [1.82, 2.24) is 14.9 Å². The Morgan fingerprint density at radius 2 is 2.00 bits per heavy atom. The zero-order valence-corrected chi connectivity index (χ0v) is 11.6. The normalized spacial score (nSPS) is 11.1. The molecule has 0 radical (unpaired) electrons. The summed E-state index contributed by atoms with van der Waals surface area (Å²) in [6.07, 6.45) is 0. The van der Waals surface area contributed by atoms with Gasteiger partial charge in [-0.15, -0.1) is 11.8 Å². The number of hydrogen-bond acceptors (Lipinski definition) is 4. The Hall–Kier alpha value is -0.320. The lowest BCUT2D eigenvalue weighted by molar-refractivity contribution is 0.324. The number of nitrogens with zero attached hydrogens (tertiary/aromatic N) is 3. The second-order valence-electron chi connectivity index (χ2n) is 3.49. The van der Waals surface area contributed by atoms with Crippen LogP contribution >= 0.6 is 23.4 Å². The molecule has 0 unspecified atom stereocenters. The molecule has 0 spiro atoms. The van der Waals surface area contributed by atoms with Gasteiger partial charge in [0.05, 0.1) is 0 Å². The van der Waals surface area contributed by atoms with E-state index in [0.29, 0.717) is 5.28 Å². The maximum Gasteiger partial charge on any atom is 0.223 e. The van der Waals surface area contributed by atoms with Crippen molar-refractivity contribution in [3.8, 4) is 0 Å². The van der Waals surface area contributed by atoms with Crippen molar-refractivity contribution in [3.63, 3.8) is 0 Å². The van der Waals surface area contributed by atoms with Crippen LogP contribution < -0.4 is 0 Å². The molecule has 0 aliphatic heterocycles. The van der Waals surface area contributed by atoms with Gasteiger partial charge in [0.25, 0.3) is 0 Å². The van der Waals surface area contributed by atoms with E-state index in [1.165, 1.54) is 0 Å². The highest BCUT2D eigenvalue weighted by molar-refractivity contribution is 7.99. The third-order valence-corrected chi connectivity index (χ3v) is 3.42. The lowest BCUT2D eigenvalue weighted by Gasteiger charge is -2.17. The zero-order chi connectivity index (χ0) is 12.0. The second-order valence-corrected chi connectivity index (χ2v) is 4.95. The molecular formula is C11H18ClN3S. The van der Waals surface area contributed by atoms with E-state index in [2.05, 4.69) is 28.7 Å². The summed E-state index contributed by atoms with van der Waals surface area (Å²) >= 11 is 7.53. The molecule has 0 atom stereocenters. The van der Waals surface area contributed by atoms with Crippen LogP contribution in [-0.2, 0) is 0 Å². The highest BCUT2D eigenvalue weighted by Crippen LogP contribution is 2.17. The van der Waals surface area contributed by atoms with Crippen LogP contribution in [0.25, 0.3) is 0 Å². The van der Waals surface area contributed by atoms with Crippen LogP contribution in [0.4, 0.5) is 0 Å². The maximum atomic E-state index is 5.80. The van der Waals surface area contributed by atoms with Gasteiger partial charge in [-0.25, -0.2) is 9.97 Å². The van der Waals surface area contributed by atoms with Gasteiger partial charge in [0.15, 0.2) is 0 Å². The van der Waals surface area contributed by atoms with E-state index in [9.17, 15) is 0 Å². The van der Waals surface area contributed by atoms with E-state index in [0.717, 1.165) is 36.1 Å². The first kappa shape index (κ1) is 13.7. The molecule has 1 aromatic heterocycles. The van der Waals surface area contributed by atoms with E-state index < -0.39 is 0 Å². The summed E-state index contributed by atoms with van der Waals surface area (Å²) in [5, 5.41) is 1.30. The van der Waals surface area contributed by atoms with Crippen molar-refractivity contribution in [3.05, 3.63) is 17.0 Å². The number of thioether (sulfide) groups is 1. The van der Waals surface area contributed by atoms with Gasteiger partial charge in [0.1, 0.15) is 5.03 Å². The van der Waals surface area contributed by atoms with Crippen molar-refractivity contribution in [2.75, 3.05) is 25.4 Å². The monoisotopic (exact) mass is 259 g/mol. The number of hydrogen-bond donors (Lipinski definition) is 0. The van der Waals surface area contributed by atoms with Crippen LogP contribution in [0.15, 0.2) is 11.1 Å². The Kier molecular flexibility index (Phi) is 6.09. The summed E-state index contributed by atoms with van der Waals surface area (Å²) in [5.74, 6) is 1.04. The number of rotatable bonds is 6. The average molecular weight is 260 g/mol. The van der Waals surface area contributed by atoms with Gasteiger partial charge in [-0.1, -0.05) is 13.8 Å². The molecule has 0 saturated heterocycles. The third kappa shape index (κ3) is 4.68. The first-order chi connectivity index (χ1) is 7.65. The van der Waals surface area contributed by atoms with Gasteiger partial charge in [0.2, 0.25) is 5.28 Å². The molecule has 5 heteroatoms. The Balaban J connectivity index is 2.42. The largest absolute Gasteiger partial charge is 0.303 e. The summed E-state index contributed by atoms with van der Waals surface area (Å²) in [6, 6.07) is 1.97. The van der Waals surface area contributed by atoms with Crippen LogP contribution in [0.2, 0.25) is 5.28 Å². The molecule has 3 nitrogen and oxygen atoms in total. The maximum absolute atomic E-state index is 5.80. The summed E-state index contributed by atoms with van der Waals surface area (Å²) in [4.78, 5) is 10.6. The van der Waals surface area contributed by atoms with Gasteiger partial charge >= 0.3 is 0 Å². The number of halogens is 1. The predicted octanol–water partition coefficient (Wildman–Crippen LogP) is 2.87. The molecule has 1 aromatic rings. The topological polar surface area (TPSA) is 29.0 Å². The molecule has 90 valence electrons. The standard InChI is InChI=1S/C11H18ClN3S/c1-4-15(5-2)6-7-16-10-8-9(3)13-11(12)14-10/h8H,4-7H2,1-3H3. The fourth-order valence-electron chi connectivity index (χ4n) is 1.40. The molecule has 1 heterocycles. The first-order valence-corrected chi connectivity index (χ1v) is 6.88. The van der Waals surface area contributed by atoms with Crippen molar-refractivity contribution in [2.45, 2.75) is 25.8 Å². The highest BCUT2D eigenvalue weighted by atomic mass is 35.5. The van der Waals surface area contributed by atoms with Crippen LogP contribution in [-0.4, -0.2) is 40.3 Å². The van der Waals surface area contributed by atoms with E-state index in [1.807, 2.05) is 13.0 Å². The third-order valence-electron chi connectivity index (χ3n) is 2.36. The number of aromatic nitrogens is 2. The van der Waals surface area contributed by atoms with Crippen LogP contribution in [0.3, 0.4) is 0 Å². The highest BCUT2D eigenvalue weighted by Gasteiger charge is 2.03. The Labute approximate surface area is 107 Å². The van der Waals surface area contributed by atoms with Crippen LogP contribution in [0, 0.1) is 6.92 Å². The lowest BCUT2D eigenvalue weighted by Crippen LogP contribution is -2.25. The first-order valence-electron chi connectivity index (χ1n) is 5.52. The smallest absolute Gasteiger partial charge is 0.223 e. The van der Waals surface area contributed by atoms with Crippen LogP contribution in [0.1, 0.15) is 19.5 Å². The fraction of sp³-hybridized carbons (Fsp3) is 0.636. The molecule has 0 saturated carbocycles. The molecule has 0 aliphatic carbocycles. The molecule has 0 N–H and O–H groups in total. The molecule has 0 aliphatic rings. The van der Waals surface area contributed by atoms with Crippen molar-refractivity contribution < 1.29 is 0 Å². The van der Waals surface area contributed by atoms with Gasteiger partial charge in [-0.3, -0.25) is 0 Å². The summed E-state index contributed by atoms with van der Waals surface area (Å²) in [7, 11) is 0. The Morgan fingerprint density at radius 1 is 1.31 bits per heavy atom. The average Bonchev–Trinajstić information content (AvgIpc) is 2.23. The van der Waals surface area contributed by atoms with Crippen molar-refractivity contribution in [2.24, 2.45) is 0 Å². The molecule has 0 bridgehead atoms.